The van der Waals surface area contributed by atoms with Gasteiger partial charge in [0.05, 0.1) is 4.47 Å². The number of carbonyl (C=O) groups is 1. The van der Waals surface area contributed by atoms with Gasteiger partial charge in [0.2, 0.25) is 0 Å². The fraction of sp³-hybridized carbons (Fsp3) is 0.333. The standard InChI is InChI=1S/C15H13BrFN3O/c1-6-13(14(18)21)19-15-10-4-11(16)12(17)5-9(10)7-2-8(3-7)20(6)15/h4-5,7-8H,2-3H2,1H3,(H2,18,21). The van der Waals surface area contributed by atoms with Gasteiger partial charge in [-0.3, -0.25) is 4.79 Å². The quantitative estimate of drug-likeness (QED) is 0.858. The Balaban J connectivity index is 2.05. The SMILES string of the molecule is Cc1c(C(N)=O)nc2n1C1CC(C1)c1cc(F)c(Br)cc1-2. The lowest BCUT2D eigenvalue weighted by molar-refractivity contribution is 0.0995. The van der Waals surface area contributed by atoms with E-state index in [1.165, 1.54) is 0 Å². The number of carbonyl (C=O) groups excluding carboxylic acids is 1. The zero-order chi connectivity index (χ0) is 14.9. The maximum Gasteiger partial charge on any atom is 0.269 e. The molecule has 4 nitrogen and oxygen atoms in total. The van der Waals surface area contributed by atoms with Gasteiger partial charge in [0, 0.05) is 17.3 Å². The van der Waals surface area contributed by atoms with Crippen molar-refractivity contribution >= 4 is 21.8 Å². The molecule has 21 heavy (non-hydrogen) atoms. The van der Waals surface area contributed by atoms with Crippen LogP contribution in [0.4, 0.5) is 4.39 Å². The summed E-state index contributed by atoms with van der Waals surface area (Å²) < 4.78 is 16.4. The van der Waals surface area contributed by atoms with Gasteiger partial charge in [-0.1, -0.05) is 0 Å². The van der Waals surface area contributed by atoms with E-state index >= 15 is 0 Å². The average molecular weight is 350 g/mol. The zero-order valence-electron chi connectivity index (χ0n) is 11.4. The van der Waals surface area contributed by atoms with E-state index in [4.69, 9.17) is 5.73 Å². The minimum Gasteiger partial charge on any atom is -0.364 e. The molecule has 0 unspecified atom stereocenters. The molecule has 0 radical (unpaired) electrons. The van der Waals surface area contributed by atoms with Crippen LogP contribution >= 0.6 is 15.9 Å². The number of benzene rings is 1. The summed E-state index contributed by atoms with van der Waals surface area (Å²) in [5.74, 6) is 0.309. The Hall–Kier alpha value is -1.69. The Bertz CT molecular complexity index is 793. The number of hydrogen-bond donors (Lipinski definition) is 1. The maximum atomic E-state index is 13.9. The Morgan fingerprint density at radius 3 is 2.86 bits per heavy atom. The molecule has 2 bridgehead atoms. The summed E-state index contributed by atoms with van der Waals surface area (Å²) >= 11 is 3.24. The van der Waals surface area contributed by atoms with Crippen molar-refractivity contribution in [2.45, 2.75) is 31.7 Å². The molecule has 1 amide bonds. The first-order valence-electron chi connectivity index (χ1n) is 6.85. The van der Waals surface area contributed by atoms with Crippen LogP contribution in [0.3, 0.4) is 0 Å². The fourth-order valence-electron chi connectivity index (χ4n) is 3.53. The van der Waals surface area contributed by atoms with Gasteiger partial charge >= 0.3 is 0 Å². The van der Waals surface area contributed by atoms with E-state index in [0.717, 1.165) is 35.5 Å². The number of primary amides is 1. The summed E-state index contributed by atoms with van der Waals surface area (Å²) in [6.45, 7) is 1.87. The highest BCUT2D eigenvalue weighted by molar-refractivity contribution is 9.10. The van der Waals surface area contributed by atoms with Crippen LogP contribution in [0.1, 0.15) is 46.5 Å². The van der Waals surface area contributed by atoms with Gasteiger partial charge in [-0.15, -0.1) is 0 Å². The highest BCUT2D eigenvalue weighted by Gasteiger charge is 2.40. The molecule has 108 valence electrons. The molecule has 1 aromatic heterocycles. The highest BCUT2D eigenvalue weighted by atomic mass is 79.9. The van der Waals surface area contributed by atoms with Crippen LogP contribution in [0, 0.1) is 12.7 Å². The second-order valence-electron chi connectivity index (χ2n) is 5.78. The van der Waals surface area contributed by atoms with Gasteiger partial charge in [-0.05, 0) is 59.3 Å². The van der Waals surface area contributed by atoms with Crippen LogP contribution in [0.2, 0.25) is 0 Å². The van der Waals surface area contributed by atoms with Gasteiger partial charge in [0.15, 0.2) is 0 Å². The molecule has 1 saturated carbocycles. The predicted octanol–water partition coefficient (Wildman–Crippen LogP) is 3.29. The van der Waals surface area contributed by atoms with Gasteiger partial charge in [0.25, 0.3) is 5.91 Å². The van der Waals surface area contributed by atoms with Crippen molar-refractivity contribution in [1.29, 1.82) is 0 Å². The number of hydrogen-bond acceptors (Lipinski definition) is 2. The lowest BCUT2D eigenvalue weighted by Gasteiger charge is -2.35. The number of imidazole rings is 1. The van der Waals surface area contributed by atoms with Gasteiger partial charge in [0.1, 0.15) is 17.3 Å². The first-order valence-corrected chi connectivity index (χ1v) is 7.64. The molecule has 5 rings (SSSR count). The molecule has 2 aliphatic heterocycles. The fourth-order valence-corrected chi connectivity index (χ4v) is 3.87. The van der Waals surface area contributed by atoms with Crippen LogP contribution in [0.25, 0.3) is 11.4 Å². The Morgan fingerprint density at radius 1 is 1.48 bits per heavy atom. The molecule has 0 atom stereocenters. The second-order valence-corrected chi connectivity index (χ2v) is 6.63. The van der Waals surface area contributed by atoms with Crippen molar-refractivity contribution in [2.75, 3.05) is 0 Å². The van der Waals surface area contributed by atoms with Crippen LogP contribution in [-0.2, 0) is 0 Å². The molecule has 3 aliphatic rings. The van der Waals surface area contributed by atoms with E-state index < -0.39 is 5.91 Å². The molecule has 2 N–H and O–H groups in total. The number of rotatable bonds is 1. The van der Waals surface area contributed by atoms with Crippen LogP contribution < -0.4 is 5.73 Å². The van der Waals surface area contributed by atoms with E-state index in [9.17, 15) is 9.18 Å². The summed E-state index contributed by atoms with van der Waals surface area (Å²) in [6, 6.07) is 3.66. The minimum atomic E-state index is -0.522. The monoisotopic (exact) mass is 349 g/mol. The van der Waals surface area contributed by atoms with Gasteiger partial charge in [-0.25, -0.2) is 9.37 Å². The maximum absolute atomic E-state index is 13.9. The molecular formula is C15H13BrFN3O. The van der Waals surface area contributed by atoms with E-state index in [2.05, 4.69) is 25.5 Å². The van der Waals surface area contributed by atoms with E-state index in [0.29, 0.717) is 22.1 Å². The van der Waals surface area contributed by atoms with Crippen molar-refractivity contribution in [1.82, 2.24) is 9.55 Å². The smallest absolute Gasteiger partial charge is 0.269 e. The lowest BCUT2D eigenvalue weighted by Crippen LogP contribution is -2.24. The number of nitrogens with zero attached hydrogens (tertiary/aromatic N) is 2. The average Bonchev–Trinajstić information content (AvgIpc) is 2.57. The van der Waals surface area contributed by atoms with Gasteiger partial charge < -0.3 is 10.3 Å². The van der Waals surface area contributed by atoms with E-state index in [-0.39, 0.29) is 5.82 Å². The predicted molar refractivity (Wildman–Crippen MR) is 79.6 cm³/mol. The first-order chi connectivity index (χ1) is 9.97. The van der Waals surface area contributed by atoms with E-state index in [1.54, 1.807) is 12.1 Å². The van der Waals surface area contributed by atoms with Gasteiger partial charge in [-0.2, -0.15) is 0 Å². The molecule has 0 spiro atoms. The summed E-state index contributed by atoms with van der Waals surface area (Å²) in [7, 11) is 0. The summed E-state index contributed by atoms with van der Waals surface area (Å²) in [4.78, 5) is 16.0. The summed E-state index contributed by atoms with van der Waals surface area (Å²) in [5.41, 5.74) is 8.39. The summed E-state index contributed by atoms with van der Waals surface area (Å²) in [6.07, 6.45) is 1.91. The van der Waals surface area contributed by atoms with Crippen molar-refractivity contribution in [2.24, 2.45) is 5.73 Å². The molecule has 1 aliphatic carbocycles. The summed E-state index contributed by atoms with van der Waals surface area (Å²) in [5, 5.41) is 0. The lowest BCUT2D eigenvalue weighted by atomic mass is 9.75. The minimum absolute atomic E-state index is 0.260. The Labute approximate surface area is 129 Å². The number of halogens is 2. The largest absolute Gasteiger partial charge is 0.364 e. The van der Waals surface area contributed by atoms with Crippen molar-refractivity contribution in [3.8, 4) is 11.4 Å². The third-order valence-corrected chi connectivity index (χ3v) is 5.24. The number of aromatic nitrogens is 2. The molecule has 3 heterocycles. The third kappa shape index (κ3) is 1.65. The van der Waals surface area contributed by atoms with Crippen LogP contribution in [0.15, 0.2) is 16.6 Å². The normalized spacial score (nSPS) is 22.0. The molecule has 2 aromatic rings. The topological polar surface area (TPSA) is 60.9 Å². The first kappa shape index (κ1) is 13.0. The Kier molecular flexibility index (Phi) is 2.58. The van der Waals surface area contributed by atoms with Crippen molar-refractivity contribution in [3.05, 3.63) is 39.4 Å². The number of nitrogens with two attached hydrogens (primary N) is 1. The highest BCUT2D eigenvalue weighted by Crippen LogP contribution is 2.53. The molecule has 6 heteroatoms. The van der Waals surface area contributed by atoms with Crippen LogP contribution in [-0.4, -0.2) is 15.5 Å². The third-order valence-electron chi connectivity index (χ3n) is 4.63. The molecule has 0 saturated heterocycles. The van der Waals surface area contributed by atoms with Crippen molar-refractivity contribution in [3.63, 3.8) is 0 Å². The van der Waals surface area contributed by atoms with E-state index in [1.807, 2.05) is 6.92 Å². The molecule has 1 aromatic carbocycles. The Morgan fingerprint density at radius 2 is 2.19 bits per heavy atom. The molecular weight excluding hydrogens is 337 g/mol. The second kappa shape index (κ2) is 4.16. The van der Waals surface area contributed by atoms with Crippen molar-refractivity contribution < 1.29 is 9.18 Å². The van der Waals surface area contributed by atoms with Crippen LogP contribution in [0.5, 0.6) is 0 Å². The molecule has 1 fully saturated rings. The number of amides is 1. The zero-order valence-corrected chi connectivity index (χ0v) is 12.9.